The van der Waals surface area contributed by atoms with Crippen LogP contribution in [0, 0.1) is 5.92 Å². The molecule has 0 aliphatic carbocycles. The zero-order chi connectivity index (χ0) is 20.4. The molecule has 0 radical (unpaired) electrons. The summed E-state index contributed by atoms with van der Waals surface area (Å²) in [6.07, 6.45) is 6.86. The maximum Gasteiger partial charge on any atom is 0.249 e. The number of rotatable bonds is 9. The number of likely N-dealkylation sites (tertiary alicyclic amines) is 1. The molecule has 2 rings (SSSR count). The van der Waals surface area contributed by atoms with Crippen molar-refractivity contribution < 1.29 is 19.6 Å². The third kappa shape index (κ3) is 6.52. The van der Waals surface area contributed by atoms with E-state index in [4.69, 9.17) is 0 Å². The number of amides is 3. The Morgan fingerprint density at radius 1 is 1.43 bits per heavy atom. The minimum atomic E-state index is -0.593. The monoisotopic (exact) mass is 411 g/mol. The minimum Gasteiger partial charge on any atom is -0.330 e. The molecule has 10 heteroatoms. The zero-order valence-corrected chi connectivity index (χ0v) is 17.1. The van der Waals surface area contributed by atoms with Crippen LogP contribution in [0.15, 0.2) is 5.51 Å². The van der Waals surface area contributed by atoms with Gasteiger partial charge in [0.05, 0.1) is 12.5 Å². The topological polar surface area (TPSA) is 116 Å². The molecule has 9 nitrogen and oxygen atoms in total. The lowest BCUT2D eigenvalue weighted by molar-refractivity contribution is -0.158. The third-order valence-electron chi connectivity index (χ3n) is 4.96. The molecule has 156 valence electrons. The number of anilines is 1. The van der Waals surface area contributed by atoms with Crippen molar-refractivity contribution in [1.82, 2.24) is 20.2 Å². The summed E-state index contributed by atoms with van der Waals surface area (Å²) in [6.45, 7) is 2.44. The normalized spacial score (nSPS) is 18.6. The summed E-state index contributed by atoms with van der Waals surface area (Å²) >= 11 is 1.23. The van der Waals surface area contributed by atoms with Gasteiger partial charge in [-0.25, -0.2) is 5.06 Å². The molecule has 1 aliphatic rings. The first-order valence-electron chi connectivity index (χ1n) is 9.85. The van der Waals surface area contributed by atoms with E-state index in [2.05, 4.69) is 15.5 Å². The lowest BCUT2D eigenvalue weighted by Gasteiger charge is -2.35. The smallest absolute Gasteiger partial charge is 0.249 e. The number of nitrogens with zero attached hydrogens (tertiary/aromatic N) is 4. The number of nitrogens with one attached hydrogen (secondary N) is 1. The molecule has 1 aliphatic heterocycles. The van der Waals surface area contributed by atoms with Gasteiger partial charge in [-0.15, -0.1) is 10.2 Å². The van der Waals surface area contributed by atoms with Crippen molar-refractivity contribution in [2.45, 2.75) is 64.3 Å². The lowest BCUT2D eigenvalue weighted by Crippen LogP contribution is -2.51. The highest BCUT2D eigenvalue weighted by atomic mass is 32.1. The molecule has 0 saturated carbocycles. The summed E-state index contributed by atoms with van der Waals surface area (Å²) in [7, 11) is 0. The summed E-state index contributed by atoms with van der Waals surface area (Å²) in [6, 6.07) is -0.593. The van der Waals surface area contributed by atoms with Crippen LogP contribution in [-0.2, 0) is 14.4 Å². The minimum absolute atomic E-state index is 0.0659. The van der Waals surface area contributed by atoms with E-state index < -0.39 is 12.0 Å². The molecular weight excluding hydrogens is 382 g/mol. The van der Waals surface area contributed by atoms with Crippen LogP contribution < -0.4 is 5.32 Å². The van der Waals surface area contributed by atoms with Gasteiger partial charge in [0.2, 0.25) is 23.4 Å². The summed E-state index contributed by atoms with van der Waals surface area (Å²) in [5.41, 5.74) is 1.53. The predicted octanol–water partition coefficient (Wildman–Crippen LogP) is 2.29. The highest BCUT2D eigenvalue weighted by Gasteiger charge is 2.34. The van der Waals surface area contributed by atoms with Crippen LogP contribution in [0.5, 0.6) is 0 Å². The van der Waals surface area contributed by atoms with Gasteiger partial charge < -0.3 is 4.90 Å². The summed E-state index contributed by atoms with van der Waals surface area (Å²) in [4.78, 5) is 38.7. The first-order valence-corrected chi connectivity index (χ1v) is 10.7. The van der Waals surface area contributed by atoms with Crippen LogP contribution in [0.25, 0.3) is 0 Å². The van der Waals surface area contributed by atoms with E-state index in [9.17, 15) is 19.6 Å². The van der Waals surface area contributed by atoms with Crippen LogP contribution in [0.4, 0.5) is 5.13 Å². The van der Waals surface area contributed by atoms with Gasteiger partial charge >= 0.3 is 0 Å². The van der Waals surface area contributed by atoms with Gasteiger partial charge in [0.1, 0.15) is 11.6 Å². The van der Waals surface area contributed by atoms with Crippen molar-refractivity contribution in [3.8, 4) is 0 Å². The number of hydrogen-bond acceptors (Lipinski definition) is 7. The van der Waals surface area contributed by atoms with E-state index in [1.807, 2.05) is 6.92 Å². The van der Waals surface area contributed by atoms with E-state index in [0.717, 1.165) is 38.5 Å². The van der Waals surface area contributed by atoms with Crippen molar-refractivity contribution in [1.29, 1.82) is 0 Å². The summed E-state index contributed by atoms with van der Waals surface area (Å²) < 4.78 is 0. The Morgan fingerprint density at radius 2 is 2.21 bits per heavy atom. The number of hydroxylamine groups is 2. The number of unbranched alkanes of at least 4 members (excludes halogenated alkanes) is 1. The Bertz CT molecular complexity index is 628. The molecule has 0 aromatic carbocycles. The predicted molar refractivity (Wildman–Crippen MR) is 105 cm³/mol. The first kappa shape index (κ1) is 22.2. The van der Waals surface area contributed by atoms with Gasteiger partial charge in [-0.2, -0.15) is 0 Å². The molecule has 2 heterocycles. The Kier molecular flexibility index (Phi) is 9.29. The molecule has 2 atom stereocenters. The highest BCUT2D eigenvalue weighted by Crippen LogP contribution is 2.23. The van der Waals surface area contributed by atoms with E-state index in [1.54, 1.807) is 4.90 Å². The number of aromatic nitrogens is 2. The molecule has 28 heavy (non-hydrogen) atoms. The van der Waals surface area contributed by atoms with E-state index in [0.29, 0.717) is 36.0 Å². The second-order valence-electron chi connectivity index (χ2n) is 7.05. The van der Waals surface area contributed by atoms with Crippen molar-refractivity contribution in [2.75, 3.05) is 18.4 Å². The summed E-state index contributed by atoms with van der Waals surface area (Å²) in [5.74, 6) is -0.988. The second-order valence-corrected chi connectivity index (χ2v) is 7.88. The molecule has 1 fully saturated rings. The Labute approximate surface area is 169 Å². The van der Waals surface area contributed by atoms with Crippen molar-refractivity contribution >= 4 is 34.7 Å². The summed E-state index contributed by atoms with van der Waals surface area (Å²) in [5, 5.41) is 20.9. The number of carbonyl (C=O) groups excluding carboxylic acids is 3. The van der Waals surface area contributed by atoms with Gasteiger partial charge in [0.15, 0.2) is 0 Å². The molecule has 1 aromatic heterocycles. The van der Waals surface area contributed by atoms with Crippen LogP contribution >= 0.6 is 11.3 Å². The molecular formula is C18H29N5O4S. The average molecular weight is 412 g/mol. The van der Waals surface area contributed by atoms with E-state index >= 15 is 0 Å². The lowest BCUT2D eigenvalue weighted by atomic mass is 9.96. The molecule has 0 unspecified atom stereocenters. The van der Waals surface area contributed by atoms with Crippen LogP contribution in [0.2, 0.25) is 0 Å². The fraction of sp³-hybridized carbons (Fsp3) is 0.722. The Hall–Kier alpha value is -2.07. The molecule has 1 aromatic rings. The standard InChI is InChI=1S/C18H29N5O4S/c1-2-3-8-14(11-22(27)13-24)17(26)23-10-7-5-4-6-9-15(23)16(25)20-18-21-19-12-28-18/h12-15,27H,2-11H2,1H3,(H,20,21,25)/t14-,15+/m1/s1. The first-order chi connectivity index (χ1) is 13.6. The molecule has 0 spiro atoms. The largest absolute Gasteiger partial charge is 0.330 e. The molecule has 1 saturated heterocycles. The van der Waals surface area contributed by atoms with Crippen LogP contribution in [0.1, 0.15) is 58.3 Å². The van der Waals surface area contributed by atoms with Crippen molar-refractivity contribution in [2.24, 2.45) is 5.92 Å². The number of hydrogen-bond donors (Lipinski definition) is 2. The fourth-order valence-corrected chi connectivity index (χ4v) is 3.93. The van der Waals surface area contributed by atoms with Gasteiger partial charge in [-0.3, -0.25) is 24.9 Å². The van der Waals surface area contributed by atoms with E-state index in [-0.39, 0.29) is 18.4 Å². The van der Waals surface area contributed by atoms with Crippen molar-refractivity contribution in [3.05, 3.63) is 5.51 Å². The van der Waals surface area contributed by atoms with Gasteiger partial charge in [-0.05, 0) is 19.3 Å². The molecule has 0 bridgehead atoms. The highest BCUT2D eigenvalue weighted by molar-refractivity contribution is 7.13. The van der Waals surface area contributed by atoms with Gasteiger partial charge in [0, 0.05) is 6.54 Å². The average Bonchev–Trinajstić information content (AvgIpc) is 3.17. The quantitative estimate of drug-likeness (QED) is 0.366. The molecule has 2 N–H and O–H groups in total. The maximum absolute atomic E-state index is 13.3. The fourth-order valence-electron chi connectivity index (χ4n) is 3.48. The van der Waals surface area contributed by atoms with Gasteiger partial charge in [-0.1, -0.05) is 50.4 Å². The number of carbonyl (C=O) groups is 3. The SMILES string of the molecule is CCCC[C@H](CN(O)C=O)C(=O)N1CCCCCC[C@H]1C(=O)Nc1nncs1. The molecule has 3 amide bonds. The maximum atomic E-state index is 13.3. The Morgan fingerprint density at radius 3 is 2.89 bits per heavy atom. The van der Waals surface area contributed by atoms with E-state index in [1.165, 1.54) is 16.8 Å². The van der Waals surface area contributed by atoms with Crippen molar-refractivity contribution in [3.63, 3.8) is 0 Å². The van der Waals surface area contributed by atoms with Gasteiger partial charge in [0.25, 0.3) is 0 Å². The Balaban J connectivity index is 2.18. The van der Waals surface area contributed by atoms with Crippen LogP contribution in [-0.4, -0.2) is 62.7 Å². The van der Waals surface area contributed by atoms with Crippen LogP contribution in [0.3, 0.4) is 0 Å². The third-order valence-corrected chi connectivity index (χ3v) is 5.57. The second kappa shape index (κ2) is 11.7. The zero-order valence-electron chi connectivity index (χ0n) is 16.2.